The summed E-state index contributed by atoms with van der Waals surface area (Å²) in [5.41, 5.74) is 0.706. The Labute approximate surface area is 90.6 Å². The first-order valence-electron chi connectivity index (χ1n) is 5.60. The van der Waals surface area contributed by atoms with Gasteiger partial charge in [0.05, 0.1) is 0 Å². The zero-order chi connectivity index (χ0) is 10.8. The smallest absolute Gasteiger partial charge is 0.209 e. The number of halogens is 1. The number of nitrogens with zero attached hydrogens (tertiary/aromatic N) is 2. The third-order valence-corrected chi connectivity index (χ3v) is 2.91. The molecular formula is C11H16BFN2. The third kappa shape index (κ3) is 2.14. The van der Waals surface area contributed by atoms with E-state index in [0.717, 1.165) is 18.9 Å². The van der Waals surface area contributed by atoms with Crippen LogP contribution in [0.4, 0.5) is 10.2 Å². The van der Waals surface area contributed by atoms with Crippen molar-refractivity contribution in [2.75, 3.05) is 18.0 Å². The maximum Gasteiger partial charge on any atom is 0.209 e. The van der Waals surface area contributed by atoms with Gasteiger partial charge in [0, 0.05) is 13.1 Å². The van der Waals surface area contributed by atoms with E-state index in [1.807, 2.05) is 25.8 Å². The van der Waals surface area contributed by atoms with Gasteiger partial charge in [0.25, 0.3) is 0 Å². The fraction of sp³-hybridized carbons (Fsp3) is 0.545. The highest BCUT2D eigenvalue weighted by Gasteiger charge is 2.16. The van der Waals surface area contributed by atoms with E-state index in [9.17, 15) is 4.39 Å². The molecule has 15 heavy (non-hydrogen) atoms. The summed E-state index contributed by atoms with van der Waals surface area (Å²) in [6.45, 7) is 6.18. The summed E-state index contributed by atoms with van der Waals surface area (Å²) in [6.07, 6.45) is 2.38. The summed E-state index contributed by atoms with van der Waals surface area (Å²) in [7, 11) is 0. The zero-order valence-electron chi connectivity index (χ0n) is 9.33. The Balaban J connectivity index is 2.24. The summed E-state index contributed by atoms with van der Waals surface area (Å²) in [5.74, 6) is 0.476. The van der Waals surface area contributed by atoms with Gasteiger partial charge in [-0.1, -0.05) is 19.7 Å². The first-order chi connectivity index (χ1) is 7.18. The largest absolute Gasteiger partial charge is 0.357 e. The average Bonchev–Trinajstić information content (AvgIpc) is 2.69. The van der Waals surface area contributed by atoms with Crippen molar-refractivity contribution >= 4 is 18.0 Å². The predicted octanol–water partition coefficient (Wildman–Crippen LogP) is 1.78. The van der Waals surface area contributed by atoms with Crippen LogP contribution in [0.25, 0.3) is 0 Å². The van der Waals surface area contributed by atoms with Gasteiger partial charge in [0.2, 0.25) is 5.95 Å². The van der Waals surface area contributed by atoms with Crippen molar-refractivity contribution in [3.63, 3.8) is 0 Å². The lowest BCUT2D eigenvalue weighted by Gasteiger charge is -2.17. The molecule has 1 aliphatic rings. The van der Waals surface area contributed by atoms with E-state index in [2.05, 4.69) is 9.88 Å². The molecule has 0 saturated carbocycles. The summed E-state index contributed by atoms with van der Waals surface area (Å²) >= 11 is 0. The standard InChI is InChI=1S/C11H16BFN2/c1-12(2)9-5-6-10(14-11(9)13)15-7-3-4-8-15/h5-6H,3-4,7-8H2,1-2H3. The molecule has 0 amide bonds. The van der Waals surface area contributed by atoms with Crippen LogP contribution in [-0.4, -0.2) is 24.8 Å². The van der Waals surface area contributed by atoms with E-state index in [1.54, 1.807) is 0 Å². The van der Waals surface area contributed by atoms with Crippen LogP contribution in [0.2, 0.25) is 13.6 Å². The molecule has 1 aliphatic heterocycles. The minimum Gasteiger partial charge on any atom is -0.357 e. The fourth-order valence-electron chi connectivity index (χ4n) is 1.99. The van der Waals surface area contributed by atoms with Crippen LogP contribution in [0.1, 0.15) is 12.8 Å². The van der Waals surface area contributed by atoms with E-state index < -0.39 is 0 Å². The molecule has 0 N–H and O–H groups in total. The Hall–Kier alpha value is -1.06. The molecule has 80 valence electrons. The number of pyridine rings is 1. The maximum atomic E-state index is 13.6. The van der Waals surface area contributed by atoms with Gasteiger partial charge in [0.1, 0.15) is 5.82 Å². The number of aromatic nitrogens is 1. The molecule has 4 heteroatoms. The Kier molecular flexibility index (Phi) is 2.94. The lowest BCUT2D eigenvalue weighted by atomic mass is 9.50. The van der Waals surface area contributed by atoms with E-state index in [1.165, 1.54) is 12.8 Å². The van der Waals surface area contributed by atoms with Gasteiger partial charge in [-0.15, -0.1) is 0 Å². The second-order valence-corrected chi connectivity index (χ2v) is 4.40. The molecule has 2 rings (SSSR count). The molecule has 0 radical (unpaired) electrons. The van der Waals surface area contributed by atoms with Crippen LogP contribution in [0, 0.1) is 5.95 Å². The predicted molar refractivity (Wildman–Crippen MR) is 62.8 cm³/mol. The SMILES string of the molecule is CB(C)c1ccc(N2CCCC2)nc1F. The van der Waals surface area contributed by atoms with Gasteiger partial charge < -0.3 is 4.90 Å². The Morgan fingerprint density at radius 1 is 1.27 bits per heavy atom. The molecule has 0 aromatic carbocycles. The second kappa shape index (κ2) is 4.21. The molecule has 0 atom stereocenters. The van der Waals surface area contributed by atoms with Crippen LogP contribution in [0.5, 0.6) is 0 Å². The molecule has 2 heterocycles. The Bertz CT molecular complexity index is 348. The zero-order valence-corrected chi connectivity index (χ0v) is 9.33. The summed E-state index contributed by atoms with van der Waals surface area (Å²) in [4.78, 5) is 6.18. The van der Waals surface area contributed by atoms with Crippen LogP contribution in [0.15, 0.2) is 12.1 Å². The van der Waals surface area contributed by atoms with E-state index in [0.29, 0.717) is 5.46 Å². The fourth-order valence-corrected chi connectivity index (χ4v) is 1.99. The lowest BCUT2D eigenvalue weighted by molar-refractivity contribution is 0.590. The average molecular weight is 206 g/mol. The Morgan fingerprint density at radius 3 is 2.47 bits per heavy atom. The topological polar surface area (TPSA) is 16.1 Å². The molecular weight excluding hydrogens is 190 g/mol. The molecule has 1 fully saturated rings. The van der Waals surface area contributed by atoms with Gasteiger partial charge in [-0.25, -0.2) is 4.98 Å². The highest BCUT2D eigenvalue weighted by molar-refractivity contribution is 6.70. The van der Waals surface area contributed by atoms with Crippen molar-refractivity contribution in [2.45, 2.75) is 26.5 Å². The quantitative estimate of drug-likeness (QED) is 0.541. The van der Waals surface area contributed by atoms with Crippen molar-refractivity contribution in [2.24, 2.45) is 0 Å². The van der Waals surface area contributed by atoms with Crippen molar-refractivity contribution in [1.29, 1.82) is 0 Å². The molecule has 0 spiro atoms. The van der Waals surface area contributed by atoms with Crippen molar-refractivity contribution in [3.8, 4) is 0 Å². The van der Waals surface area contributed by atoms with Crippen LogP contribution >= 0.6 is 0 Å². The van der Waals surface area contributed by atoms with Crippen molar-refractivity contribution in [3.05, 3.63) is 18.1 Å². The highest BCUT2D eigenvalue weighted by Crippen LogP contribution is 2.16. The summed E-state index contributed by atoms with van der Waals surface area (Å²) in [6, 6.07) is 3.80. The van der Waals surface area contributed by atoms with E-state index in [4.69, 9.17) is 0 Å². The first kappa shape index (κ1) is 10.5. The molecule has 0 unspecified atom stereocenters. The Morgan fingerprint density at radius 2 is 1.93 bits per heavy atom. The third-order valence-electron chi connectivity index (χ3n) is 2.91. The van der Waals surface area contributed by atoms with Crippen molar-refractivity contribution in [1.82, 2.24) is 4.98 Å². The van der Waals surface area contributed by atoms with Crippen LogP contribution in [-0.2, 0) is 0 Å². The molecule has 0 bridgehead atoms. The van der Waals surface area contributed by atoms with Gasteiger partial charge in [-0.05, 0) is 24.4 Å². The number of hydrogen-bond acceptors (Lipinski definition) is 2. The van der Waals surface area contributed by atoms with E-state index >= 15 is 0 Å². The second-order valence-electron chi connectivity index (χ2n) is 4.40. The molecule has 0 aliphatic carbocycles. The monoisotopic (exact) mass is 206 g/mol. The van der Waals surface area contributed by atoms with E-state index in [-0.39, 0.29) is 12.7 Å². The molecule has 2 nitrogen and oxygen atoms in total. The lowest BCUT2D eigenvalue weighted by Crippen LogP contribution is -2.29. The number of rotatable bonds is 2. The van der Waals surface area contributed by atoms with Gasteiger partial charge >= 0.3 is 0 Å². The van der Waals surface area contributed by atoms with Crippen LogP contribution < -0.4 is 10.4 Å². The van der Waals surface area contributed by atoms with Crippen LogP contribution in [0.3, 0.4) is 0 Å². The highest BCUT2D eigenvalue weighted by atomic mass is 19.1. The van der Waals surface area contributed by atoms with Gasteiger partial charge in [-0.3, -0.25) is 0 Å². The minimum atomic E-state index is -0.311. The molecule has 1 saturated heterocycles. The number of hydrogen-bond donors (Lipinski definition) is 0. The molecule has 1 aromatic rings. The summed E-state index contributed by atoms with van der Waals surface area (Å²) < 4.78 is 13.6. The van der Waals surface area contributed by atoms with Crippen molar-refractivity contribution < 1.29 is 4.39 Å². The van der Waals surface area contributed by atoms with Gasteiger partial charge in [-0.2, -0.15) is 4.39 Å². The number of anilines is 1. The maximum absolute atomic E-state index is 13.6. The molecule has 1 aromatic heterocycles. The van der Waals surface area contributed by atoms with Gasteiger partial charge in [0.15, 0.2) is 6.71 Å². The minimum absolute atomic E-state index is 0.199. The normalized spacial score (nSPS) is 15.8. The first-order valence-corrected chi connectivity index (χ1v) is 5.60. The summed E-state index contributed by atoms with van der Waals surface area (Å²) in [5, 5.41) is 0.